The SMILES string of the molecule is CC(C)C(C)NC(=O)CN1C(=O)NC(Cc2c[nH]c3ccccc23)C1=O. The molecule has 2 unspecified atom stereocenters. The van der Waals surface area contributed by atoms with Crippen molar-refractivity contribution in [3.05, 3.63) is 36.0 Å². The number of aromatic amines is 1. The lowest BCUT2D eigenvalue weighted by Crippen LogP contribution is -2.45. The number of para-hydroxylation sites is 1. The average molecular weight is 356 g/mol. The number of hydrogen-bond acceptors (Lipinski definition) is 3. The molecule has 1 fully saturated rings. The zero-order valence-electron chi connectivity index (χ0n) is 15.2. The summed E-state index contributed by atoms with van der Waals surface area (Å²) in [5.41, 5.74) is 1.94. The molecular weight excluding hydrogens is 332 g/mol. The molecule has 1 aromatic carbocycles. The highest BCUT2D eigenvalue weighted by atomic mass is 16.2. The first-order valence-electron chi connectivity index (χ1n) is 8.83. The summed E-state index contributed by atoms with van der Waals surface area (Å²) in [6.45, 7) is 5.63. The number of H-pyrrole nitrogens is 1. The van der Waals surface area contributed by atoms with Gasteiger partial charge in [0.15, 0.2) is 0 Å². The molecule has 1 aliphatic rings. The lowest BCUT2D eigenvalue weighted by Gasteiger charge is -2.19. The molecule has 2 aromatic rings. The fourth-order valence-corrected chi connectivity index (χ4v) is 3.00. The van der Waals surface area contributed by atoms with Crippen LogP contribution in [0.2, 0.25) is 0 Å². The second kappa shape index (κ2) is 7.19. The fraction of sp³-hybridized carbons (Fsp3) is 0.421. The minimum Gasteiger partial charge on any atom is -0.361 e. The Morgan fingerprint density at radius 1 is 1.23 bits per heavy atom. The molecular formula is C19H24N4O3. The zero-order chi connectivity index (χ0) is 18.8. The van der Waals surface area contributed by atoms with Crippen LogP contribution in [0.15, 0.2) is 30.5 Å². The summed E-state index contributed by atoms with van der Waals surface area (Å²) in [6.07, 6.45) is 2.24. The van der Waals surface area contributed by atoms with E-state index in [2.05, 4.69) is 15.6 Å². The second-order valence-corrected chi connectivity index (χ2v) is 7.09. The molecule has 3 N–H and O–H groups in total. The number of nitrogens with one attached hydrogen (secondary N) is 3. The number of benzene rings is 1. The number of amides is 4. The van der Waals surface area contributed by atoms with Crippen LogP contribution in [0.25, 0.3) is 10.9 Å². The molecule has 1 aromatic heterocycles. The van der Waals surface area contributed by atoms with Gasteiger partial charge in [-0.05, 0) is 24.5 Å². The Hall–Kier alpha value is -2.83. The first-order valence-corrected chi connectivity index (χ1v) is 8.83. The third-order valence-electron chi connectivity index (χ3n) is 4.90. The fourth-order valence-electron chi connectivity index (χ4n) is 3.00. The average Bonchev–Trinajstić information content (AvgIpc) is 3.11. The van der Waals surface area contributed by atoms with Crippen molar-refractivity contribution in [2.24, 2.45) is 5.92 Å². The third-order valence-corrected chi connectivity index (χ3v) is 4.90. The first kappa shape index (κ1) is 18.0. The largest absolute Gasteiger partial charge is 0.361 e. The number of carbonyl (C=O) groups excluding carboxylic acids is 3. The van der Waals surface area contributed by atoms with Crippen molar-refractivity contribution >= 4 is 28.7 Å². The molecule has 7 nitrogen and oxygen atoms in total. The van der Waals surface area contributed by atoms with Gasteiger partial charge in [0.2, 0.25) is 5.91 Å². The molecule has 1 aliphatic heterocycles. The molecule has 3 rings (SSSR count). The van der Waals surface area contributed by atoms with Gasteiger partial charge in [-0.1, -0.05) is 32.0 Å². The van der Waals surface area contributed by atoms with Crippen molar-refractivity contribution in [1.29, 1.82) is 0 Å². The van der Waals surface area contributed by atoms with Gasteiger partial charge in [0.1, 0.15) is 12.6 Å². The van der Waals surface area contributed by atoms with E-state index >= 15 is 0 Å². The van der Waals surface area contributed by atoms with Crippen LogP contribution in [0.1, 0.15) is 26.3 Å². The normalized spacial score (nSPS) is 18.5. The van der Waals surface area contributed by atoms with Crippen molar-refractivity contribution in [2.45, 2.75) is 39.3 Å². The number of rotatable bonds is 6. The van der Waals surface area contributed by atoms with Gasteiger partial charge >= 0.3 is 6.03 Å². The maximum atomic E-state index is 12.6. The van der Waals surface area contributed by atoms with E-state index in [0.29, 0.717) is 6.42 Å². The Balaban J connectivity index is 1.66. The van der Waals surface area contributed by atoms with E-state index in [1.54, 1.807) is 0 Å². The summed E-state index contributed by atoms with van der Waals surface area (Å²) in [4.78, 5) is 41.0. The zero-order valence-corrected chi connectivity index (χ0v) is 15.2. The van der Waals surface area contributed by atoms with Crippen molar-refractivity contribution < 1.29 is 14.4 Å². The summed E-state index contributed by atoms with van der Waals surface area (Å²) < 4.78 is 0. The molecule has 4 amide bonds. The Kier molecular flexibility index (Phi) is 4.97. The van der Waals surface area contributed by atoms with Crippen LogP contribution in [0, 0.1) is 5.92 Å². The van der Waals surface area contributed by atoms with Crippen LogP contribution in [-0.4, -0.2) is 46.4 Å². The summed E-state index contributed by atoms with van der Waals surface area (Å²) in [5.74, 6) is -0.424. The smallest absolute Gasteiger partial charge is 0.325 e. The maximum Gasteiger partial charge on any atom is 0.325 e. The molecule has 0 saturated carbocycles. The molecule has 1 saturated heterocycles. The quantitative estimate of drug-likeness (QED) is 0.689. The Bertz CT molecular complexity index is 842. The van der Waals surface area contributed by atoms with Crippen LogP contribution in [0.3, 0.4) is 0 Å². The topological polar surface area (TPSA) is 94.3 Å². The van der Waals surface area contributed by atoms with Gasteiger partial charge in [-0.15, -0.1) is 0 Å². The van der Waals surface area contributed by atoms with E-state index in [-0.39, 0.29) is 30.3 Å². The van der Waals surface area contributed by atoms with Gasteiger partial charge in [-0.25, -0.2) is 4.79 Å². The number of imide groups is 1. The molecule has 0 bridgehead atoms. The number of nitrogens with zero attached hydrogens (tertiary/aromatic N) is 1. The maximum absolute atomic E-state index is 12.6. The molecule has 26 heavy (non-hydrogen) atoms. The van der Waals surface area contributed by atoms with Gasteiger partial charge in [-0.3, -0.25) is 14.5 Å². The summed E-state index contributed by atoms with van der Waals surface area (Å²) in [5, 5.41) is 6.52. The molecule has 7 heteroatoms. The summed E-state index contributed by atoms with van der Waals surface area (Å²) in [7, 11) is 0. The van der Waals surface area contributed by atoms with Gasteiger partial charge < -0.3 is 15.6 Å². The van der Waals surface area contributed by atoms with E-state index in [0.717, 1.165) is 21.4 Å². The Morgan fingerprint density at radius 2 is 1.96 bits per heavy atom. The van der Waals surface area contributed by atoms with Gasteiger partial charge in [-0.2, -0.15) is 0 Å². The molecule has 0 spiro atoms. The van der Waals surface area contributed by atoms with Crippen molar-refractivity contribution in [2.75, 3.05) is 6.54 Å². The summed E-state index contributed by atoms with van der Waals surface area (Å²) >= 11 is 0. The van der Waals surface area contributed by atoms with E-state index in [4.69, 9.17) is 0 Å². The van der Waals surface area contributed by atoms with E-state index in [1.807, 2.05) is 51.2 Å². The molecule has 138 valence electrons. The third kappa shape index (κ3) is 3.56. The Labute approximate surface area is 152 Å². The predicted molar refractivity (Wildman–Crippen MR) is 98.5 cm³/mol. The molecule has 2 atom stereocenters. The predicted octanol–water partition coefficient (Wildman–Crippen LogP) is 1.79. The van der Waals surface area contributed by atoms with Gasteiger partial charge in [0, 0.05) is 29.6 Å². The number of fused-ring (bicyclic) bond motifs is 1. The number of carbonyl (C=O) groups is 3. The van der Waals surface area contributed by atoms with Crippen LogP contribution in [0.4, 0.5) is 4.79 Å². The van der Waals surface area contributed by atoms with Gasteiger partial charge in [0.05, 0.1) is 0 Å². The lowest BCUT2D eigenvalue weighted by molar-refractivity contribution is -0.132. The van der Waals surface area contributed by atoms with Gasteiger partial charge in [0.25, 0.3) is 5.91 Å². The molecule has 0 radical (unpaired) electrons. The number of aromatic nitrogens is 1. The minimum atomic E-state index is -0.656. The monoisotopic (exact) mass is 356 g/mol. The highest BCUT2D eigenvalue weighted by Gasteiger charge is 2.39. The van der Waals surface area contributed by atoms with E-state index in [9.17, 15) is 14.4 Å². The van der Waals surface area contributed by atoms with Crippen LogP contribution >= 0.6 is 0 Å². The van der Waals surface area contributed by atoms with Crippen molar-refractivity contribution in [1.82, 2.24) is 20.5 Å². The highest BCUT2D eigenvalue weighted by Crippen LogP contribution is 2.21. The summed E-state index contributed by atoms with van der Waals surface area (Å²) in [6, 6.07) is 6.60. The Morgan fingerprint density at radius 3 is 2.69 bits per heavy atom. The number of hydrogen-bond donors (Lipinski definition) is 3. The molecule has 2 heterocycles. The van der Waals surface area contributed by atoms with E-state index in [1.165, 1.54) is 0 Å². The van der Waals surface area contributed by atoms with Crippen LogP contribution in [-0.2, 0) is 16.0 Å². The first-order chi connectivity index (χ1) is 12.4. The van der Waals surface area contributed by atoms with E-state index < -0.39 is 12.1 Å². The van der Waals surface area contributed by atoms with Crippen LogP contribution < -0.4 is 10.6 Å². The lowest BCUT2D eigenvalue weighted by atomic mass is 10.1. The van der Waals surface area contributed by atoms with Crippen LogP contribution in [0.5, 0.6) is 0 Å². The van der Waals surface area contributed by atoms with Crippen molar-refractivity contribution in [3.8, 4) is 0 Å². The standard InChI is InChI=1S/C19H24N4O3/c1-11(2)12(3)21-17(24)10-23-18(25)16(22-19(23)26)8-13-9-20-15-7-5-4-6-14(13)15/h4-7,9,11-12,16,20H,8,10H2,1-3H3,(H,21,24)(H,22,26). The van der Waals surface area contributed by atoms with Crippen molar-refractivity contribution in [3.63, 3.8) is 0 Å². The number of urea groups is 1. The molecule has 0 aliphatic carbocycles. The highest BCUT2D eigenvalue weighted by molar-refractivity contribution is 6.06. The second-order valence-electron chi connectivity index (χ2n) is 7.09. The minimum absolute atomic E-state index is 0.0229.